The molecule has 1 fully saturated rings. The lowest BCUT2D eigenvalue weighted by Gasteiger charge is -2.35. The summed E-state index contributed by atoms with van der Waals surface area (Å²) in [6, 6.07) is 7.36. The predicted molar refractivity (Wildman–Crippen MR) is 89.8 cm³/mol. The molecule has 1 aliphatic heterocycles. The van der Waals surface area contributed by atoms with E-state index in [1.165, 1.54) is 0 Å². The topological polar surface area (TPSA) is 71.5 Å². The molecule has 7 heteroatoms. The van der Waals surface area contributed by atoms with Gasteiger partial charge in [-0.2, -0.15) is 0 Å². The van der Waals surface area contributed by atoms with Gasteiger partial charge in [0.2, 0.25) is 0 Å². The minimum Gasteiger partial charge on any atom is -0.377 e. The first kappa shape index (κ1) is 16.3. The zero-order valence-corrected chi connectivity index (χ0v) is 14.0. The molecule has 2 aromatic heterocycles. The number of ether oxygens (including phenoxy) is 1. The monoisotopic (exact) mass is 327 g/mol. The first-order chi connectivity index (χ1) is 11.7. The van der Waals surface area contributed by atoms with Crippen LogP contribution < -0.4 is 4.90 Å². The molecule has 0 saturated carbocycles. The van der Waals surface area contributed by atoms with Gasteiger partial charge in [0.05, 0.1) is 0 Å². The molecule has 1 aliphatic rings. The maximum atomic E-state index is 12.4. The average Bonchev–Trinajstić information content (AvgIpc) is 2.62. The molecule has 126 valence electrons. The smallest absolute Gasteiger partial charge is 0.272 e. The van der Waals surface area contributed by atoms with Crippen LogP contribution in [-0.4, -0.2) is 59.0 Å². The number of pyridine rings is 1. The number of carbonyl (C=O) groups is 1. The molecule has 1 amide bonds. The number of hydrogen-bond donors (Lipinski definition) is 0. The fraction of sp³-hybridized carbons (Fsp3) is 0.412. The second-order valence-electron chi connectivity index (χ2n) is 5.71. The van der Waals surface area contributed by atoms with E-state index in [1.807, 2.05) is 30.0 Å². The lowest BCUT2D eigenvalue weighted by Crippen LogP contribution is -2.49. The van der Waals surface area contributed by atoms with Crippen molar-refractivity contribution in [2.24, 2.45) is 0 Å². The average molecular weight is 327 g/mol. The van der Waals surface area contributed by atoms with Crippen LogP contribution in [0.3, 0.4) is 0 Å². The molecular weight excluding hydrogens is 306 g/mol. The first-order valence-electron chi connectivity index (χ1n) is 7.96. The molecule has 0 radical (unpaired) electrons. The van der Waals surface area contributed by atoms with Crippen LogP contribution in [0.2, 0.25) is 0 Å². The zero-order valence-electron chi connectivity index (χ0n) is 14.0. The minimum atomic E-state index is -0.0193. The second-order valence-corrected chi connectivity index (χ2v) is 5.71. The van der Waals surface area contributed by atoms with E-state index in [0.29, 0.717) is 31.2 Å². The molecule has 0 unspecified atom stereocenters. The Hall–Kier alpha value is -2.54. The maximum absolute atomic E-state index is 12.4. The Kier molecular flexibility index (Phi) is 5.00. The van der Waals surface area contributed by atoms with E-state index < -0.39 is 0 Å². The van der Waals surface area contributed by atoms with Gasteiger partial charge >= 0.3 is 0 Å². The van der Waals surface area contributed by atoms with E-state index >= 15 is 0 Å². The van der Waals surface area contributed by atoms with Crippen molar-refractivity contribution in [3.8, 4) is 0 Å². The highest BCUT2D eigenvalue weighted by Crippen LogP contribution is 2.16. The highest BCUT2D eigenvalue weighted by atomic mass is 16.5. The second kappa shape index (κ2) is 7.35. The number of anilines is 1. The van der Waals surface area contributed by atoms with Gasteiger partial charge in [0.1, 0.15) is 18.1 Å². The highest BCUT2D eigenvalue weighted by molar-refractivity contribution is 5.92. The summed E-state index contributed by atoms with van der Waals surface area (Å²) >= 11 is 0. The van der Waals surface area contributed by atoms with E-state index in [0.717, 1.165) is 24.6 Å². The van der Waals surface area contributed by atoms with Gasteiger partial charge in [-0.25, -0.2) is 9.97 Å². The van der Waals surface area contributed by atoms with Gasteiger partial charge in [0.25, 0.3) is 5.91 Å². The third kappa shape index (κ3) is 3.68. The number of aryl methyl sites for hydroxylation is 1. The summed E-state index contributed by atoms with van der Waals surface area (Å²) in [5.41, 5.74) is 1.41. The van der Waals surface area contributed by atoms with Crippen molar-refractivity contribution >= 4 is 11.7 Å². The Morgan fingerprint density at radius 2 is 2.00 bits per heavy atom. The molecular formula is C17H21N5O2. The van der Waals surface area contributed by atoms with Crippen molar-refractivity contribution in [1.82, 2.24) is 19.9 Å². The van der Waals surface area contributed by atoms with Gasteiger partial charge in [-0.05, 0) is 19.1 Å². The number of hydrogen-bond acceptors (Lipinski definition) is 6. The van der Waals surface area contributed by atoms with Crippen molar-refractivity contribution in [1.29, 1.82) is 0 Å². The number of piperazine rings is 1. The van der Waals surface area contributed by atoms with Gasteiger partial charge in [-0.1, -0.05) is 6.07 Å². The summed E-state index contributed by atoms with van der Waals surface area (Å²) in [6.45, 7) is 5.12. The number of carbonyl (C=O) groups excluding carboxylic acids is 1. The molecule has 0 atom stereocenters. The van der Waals surface area contributed by atoms with E-state index in [-0.39, 0.29) is 5.91 Å². The summed E-state index contributed by atoms with van der Waals surface area (Å²) in [7, 11) is 1.63. The molecule has 3 rings (SSSR count). The van der Waals surface area contributed by atoms with E-state index in [2.05, 4.69) is 19.9 Å². The first-order valence-corrected chi connectivity index (χ1v) is 7.96. The maximum Gasteiger partial charge on any atom is 0.272 e. The van der Waals surface area contributed by atoms with Gasteiger partial charge in [-0.3, -0.25) is 9.78 Å². The van der Waals surface area contributed by atoms with Crippen LogP contribution in [0.1, 0.15) is 22.0 Å². The Morgan fingerprint density at radius 1 is 1.21 bits per heavy atom. The van der Waals surface area contributed by atoms with Crippen LogP contribution >= 0.6 is 0 Å². The molecule has 0 aromatic carbocycles. The van der Waals surface area contributed by atoms with Gasteiger partial charge in [0.15, 0.2) is 5.82 Å². The standard InChI is InChI=1S/C17H21N5O2/c1-13-11-16(20-15(19-13)12-24-2)21-7-9-22(10-8-21)17(23)14-5-3-4-6-18-14/h3-6,11H,7-10,12H2,1-2H3. The van der Waals surface area contributed by atoms with Crippen molar-refractivity contribution in [3.05, 3.63) is 47.7 Å². The number of rotatable bonds is 4. The fourth-order valence-electron chi connectivity index (χ4n) is 2.76. The third-order valence-electron chi connectivity index (χ3n) is 3.94. The lowest BCUT2D eigenvalue weighted by molar-refractivity contribution is 0.0740. The predicted octanol–water partition coefficient (Wildman–Crippen LogP) is 1.29. The molecule has 0 spiro atoms. The van der Waals surface area contributed by atoms with Crippen LogP contribution in [0.15, 0.2) is 30.5 Å². The lowest BCUT2D eigenvalue weighted by atomic mass is 10.2. The van der Waals surface area contributed by atoms with Crippen molar-refractivity contribution in [2.45, 2.75) is 13.5 Å². The fourth-order valence-corrected chi connectivity index (χ4v) is 2.76. The highest BCUT2D eigenvalue weighted by Gasteiger charge is 2.23. The molecule has 0 aliphatic carbocycles. The molecule has 3 heterocycles. The molecule has 2 aromatic rings. The molecule has 0 bridgehead atoms. The Labute approximate surface area is 141 Å². The van der Waals surface area contributed by atoms with E-state index in [4.69, 9.17) is 4.74 Å². The van der Waals surface area contributed by atoms with E-state index in [9.17, 15) is 4.79 Å². The normalized spacial score (nSPS) is 14.8. The van der Waals surface area contributed by atoms with Gasteiger partial charge in [-0.15, -0.1) is 0 Å². The summed E-state index contributed by atoms with van der Waals surface area (Å²) in [5.74, 6) is 1.55. The number of aromatic nitrogens is 3. The van der Waals surface area contributed by atoms with Crippen LogP contribution in [0.5, 0.6) is 0 Å². The molecule has 7 nitrogen and oxygen atoms in total. The van der Waals surface area contributed by atoms with Crippen molar-refractivity contribution < 1.29 is 9.53 Å². The van der Waals surface area contributed by atoms with E-state index in [1.54, 1.807) is 19.4 Å². The summed E-state index contributed by atoms with van der Waals surface area (Å²) in [4.78, 5) is 29.5. The van der Waals surface area contributed by atoms with Crippen molar-refractivity contribution in [3.63, 3.8) is 0 Å². The van der Waals surface area contributed by atoms with Gasteiger partial charge in [0, 0.05) is 51.2 Å². The third-order valence-corrected chi connectivity index (χ3v) is 3.94. The van der Waals surface area contributed by atoms with Crippen LogP contribution in [0.4, 0.5) is 5.82 Å². The zero-order chi connectivity index (χ0) is 16.9. The Morgan fingerprint density at radius 3 is 2.67 bits per heavy atom. The summed E-state index contributed by atoms with van der Waals surface area (Å²) < 4.78 is 5.12. The van der Waals surface area contributed by atoms with Crippen molar-refractivity contribution in [2.75, 3.05) is 38.2 Å². The van der Waals surface area contributed by atoms with Crippen LogP contribution in [0.25, 0.3) is 0 Å². The Balaban J connectivity index is 1.66. The number of nitrogens with zero attached hydrogens (tertiary/aromatic N) is 5. The molecule has 24 heavy (non-hydrogen) atoms. The van der Waals surface area contributed by atoms with Crippen LogP contribution in [0, 0.1) is 6.92 Å². The molecule has 1 saturated heterocycles. The summed E-state index contributed by atoms with van der Waals surface area (Å²) in [6.07, 6.45) is 1.64. The largest absolute Gasteiger partial charge is 0.377 e. The molecule has 0 N–H and O–H groups in total. The number of methoxy groups -OCH3 is 1. The van der Waals surface area contributed by atoms with Crippen LogP contribution in [-0.2, 0) is 11.3 Å². The van der Waals surface area contributed by atoms with Gasteiger partial charge < -0.3 is 14.5 Å². The number of amides is 1. The quantitative estimate of drug-likeness (QED) is 0.843. The summed E-state index contributed by atoms with van der Waals surface area (Å²) in [5, 5.41) is 0. The Bertz CT molecular complexity index is 699. The SMILES string of the molecule is COCc1nc(C)cc(N2CCN(C(=O)c3ccccn3)CC2)n1. The minimum absolute atomic E-state index is 0.0193.